The highest BCUT2D eigenvalue weighted by atomic mass is 79.9. The summed E-state index contributed by atoms with van der Waals surface area (Å²) in [6, 6.07) is 13.1. The lowest BCUT2D eigenvalue weighted by Gasteiger charge is -2.13. The van der Waals surface area contributed by atoms with Crippen molar-refractivity contribution in [3.63, 3.8) is 0 Å². The number of halogens is 1. The number of hydrogen-bond acceptors (Lipinski definition) is 14. The molecular weight excluding hydrogens is 953 g/mol. The summed E-state index contributed by atoms with van der Waals surface area (Å²) in [6.45, 7) is 12.8. The third-order valence-electron chi connectivity index (χ3n) is 9.55. The molecular formula is C40H33BrN4O3S9. The average molecular weight is 986 g/mol. The number of hydrogen-bond donors (Lipinski definition) is 1. The van der Waals surface area contributed by atoms with Gasteiger partial charge in [-0.2, -0.15) is 0 Å². The van der Waals surface area contributed by atoms with Gasteiger partial charge in [-0.25, -0.2) is 4.85 Å². The summed E-state index contributed by atoms with van der Waals surface area (Å²) in [5.74, 6) is -0.351. The Morgan fingerprint density at radius 3 is 1.86 bits per heavy atom. The van der Waals surface area contributed by atoms with Gasteiger partial charge in [0, 0.05) is 72.9 Å². The number of nitrogens with one attached hydrogen (secondary N) is 1. The highest BCUT2D eigenvalue weighted by Crippen LogP contribution is 2.48. The molecule has 0 radical (unpaired) electrons. The number of fused-ring (bicyclic) bond motifs is 9. The largest absolute Gasteiger partial charge is 0.383 e. The maximum Gasteiger partial charge on any atom is 0.251 e. The Hall–Kier alpha value is -2.73. The first-order chi connectivity index (χ1) is 27.9. The molecule has 0 saturated carbocycles. The molecule has 57 heavy (non-hydrogen) atoms. The molecule has 0 bridgehead atoms. The van der Waals surface area contributed by atoms with Gasteiger partial charge < -0.3 is 19.9 Å². The second-order valence-corrected chi connectivity index (χ2v) is 24.1. The van der Waals surface area contributed by atoms with Crippen molar-refractivity contribution in [2.75, 3.05) is 56.2 Å². The lowest BCUT2D eigenvalue weighted by molar-refractivity contribution is -0.117. The fourth-order valence-electron chi connectivity index (χ4n) is 6.88. The van der Waals surface area contributed by atoms with Crippen molar-refractivity contribution in [1.29, 1.82) is 0 Å². The van der Waals surface area contributed by atoms with Crippen molar-refractivity contribution in [3.8, 4) is 0 Å². The number of ether oxygens (including phenoxy) is 1. The van der Waals surface area contributed by atoms with Crippen molar-refractivity contribution in [3.05, 3.63) is 72.4 Å². The van der Waals surface area contributed by atoms with Gasteiger partial charge in [-0.05, 0) is 89.5 Å². The normalized spacial score (nSPS) is 14.6. The Labute approximate surface area is 373 Å². The average Bonchev–Trinajstić information content (AvgIpc) is 4.02. The minimum atomic E-state index is -0.351. The van der Waals surface area contributed by atoms with E-state index in [0.717, 1.165) is 29.1 Å². The maximum absolute atomic E-state index is 12.1. The Bertz CT molecular complexity index is 2940. The molecule has 0 spiro atoms. The molecule has 2 fully saturated rings. The van der Waals surface area contributed by atoms with Crippen LogP contribution in [0.15, 0.2) is 51.3 Å². The fourth-order valence-corrected chi connectivity index (χ4v) is 19.1. The number of nitrogens with zero attached hydrogens (tertiary/aromatic N) is 3. The topological polar surface area (TPSA) is 66.2 Å². The number of carbonyl (C=O) groups excluding carboxylic acids is 2. The monoisotopic (exact) mass is 984 g/mol. The second kappa shape index (κ2) is 17.5. The minimum absolute atomic E-state index is 0.111. The third-order valence-corrected chi connectivity index (χ3v) is 21.2. The van der Waals surface area contributed by atoms with Gasteiger partial charge >= 0.3 is 0 Å². The summed E-state index contributed by atoms with van der Waals surface area (Å²) in [5.41, 5.74) is 0.111. The van der Waals surface area contributed by atoms with Crippen LogP contribution in [0, 0.1) is 6.57 Å². The molecule has 2 aliphatic heterocycles. The smallest absolute Gasteiger partial charge is 0.251 e. The van der Waals surface area contributed by atoms with Crippen LogP contribution in [0.3, 0.4) is 0 Å². The molecule has 9 aromatic rings. The summed E-state index contributed by atoms with van der Waals surface area (Å²) < 4.78 is 22.3. The number of aldehydes is 1. The van der Waals surface area contributed by atoms with Crippen LogP contribution >= 0.6 is 118 Å². The molecule has 0 aliphatic carbocycles. The van der Waals surface area contributed by atoms with E-state index in [1.165, 1.54) is 109 Å². The van der Waals surface area contributed by atoms with Gasteiger partial charge in [0.05, 0.1) is 60.0 Å². The maximum atomic E-state index is 12.1. The van der Waals surface area contributed by atoms with Gasteiger partial charge in [0.2, 0.25) is 5.91 Å². The van der Waals surface area contributed by atoms with Crippen molar-refractivity contribution >= 4 is 203 Å². The molecule has 292 valence electrons. The number of rotatable bonds is 8. The number of thiophene rings is 9. The Kier molecular flexibility index (Phi) is 12.2. The van der Waals surface area contributed by atoms with Gasteiger partial charge in [0.25, 0.3) is 5.70 Å². The number of carbonyl (C=O) groups is 2. The van der Waals surface area contributed by atoms with E-state index in [-0.39, 0.29) is 11.6 Å². The molecule has 0 aromatic carbocycles. The summed E-state index contributed by atoms with van der Waals surface area (Å²) in [6.07, 6.45) is 7.83. The second-order valence-electron chi connectivity index (χ2n) is 13.3. The summed E-state index contributed by atoms with van der Waals surface area (Å²) >= 11 is 19.7. The molecule has 17 heteroatoms. The van der Waals surface area contributed by atoms with E-state index in [9.17, 15) is 9.59 Å². The molecule has 11 heterocycles. The van der Waals surface area contributed by atoms with Crippen LogP contribution < -0.4 is 15.1 Å². The fraction of sp³-hybridized carbons (Fsp3) is 0.275. The zero-order valence-electron chi connectivity index (χ0n) is 30.4. The van der Waals surface area contributed by atoms with Gasteiger partial charge in [-0.1, -0.05) is 0 Å². The number of methoxy groups -OCH3 is 1. The zero-order chi connectivity index (χ0) is 39.0. The van der Waals surface area contributed by atoms with Gasteiger partial charge in [0.15, 0.2) is 6.29 Å². The van der Waals surface area contributed by atoms with Gasteiger partial charge in [0.1, 0.15) is 0 Å². The van der Waals surface area contributed by atoms with Crippen LogP contribution in [0.5, 0.6) is 0 Å². The summed E-state index contributed by atoms with van der Waals surface area (Å²) in [5, 5.41) is 7.63. The molecule has 1 N–H and O–H groups in total. The quantitative estimate of drug-likeness (QED) is 0.0711. The molecule has 11 rings (SSSR count). The first-order valence-corrected chi connectivity index (χ1v) is 26.4. The first-order valence-electron chi connectivity index (χ1n) is 18.2. The Morgan fingerprint density at radius 2 is 1.26 bits per heavy atom. The molecule has 2 aliphatic rings. The van der Waals surface area contributed by atoms with Crippen LogP contribution in [0.2, 0.25) is 0 Å². The SMILES string of the molecule is Brc1cc2sc3ccsc3c2s1.O=Cc1cc2sc3cc(N4CCCC4)sc3c2s1.[C-]#[N+]/C(=C\c1cc2sc3cc(N4CCCC4)sc3c2s1)C(=O)NCCOC. The predicted molar refractivity (Wildman–Crippen MR) is 261 cm³/mol. The van der Waals surface area contributed by atoms with E-state index >= 15 is 0 Å². The molecule has 1 amide bonds. The number of amides is 1. The van der Waals surface area contributed by atoms with Gasteiger partial charge in [-0.15, -0.1) is 102 Å². The first kappa shape index (κ1) is 39.7. The van der Waals surface area contributed by atoms with Crippen LogP contribution in [0.25, 0.3) is 67.3 Å². The van der Waals surface area contributed by atoms with E-state index in [4.69, 9.17) is 11.3 Å². The minimum Gasteiger partial charge on any atom is -0.383 e. The highest BCUT2D eigenvalue weighted by Gasteiger charge is 2.20. The van der Waals surface area contributed by atoms with Crippen LogP contribution in [0.1, 0.15) is 40.2 Å². The lowest BCUT2D eigenvalue weighted by Crippen LogP contribution is -2.27. The zero-order valence-corrected chi connectivity index (χ0v) is 39.3. The summed E-state index contributed by atoms with van der Waals surface area (Å²) in [7, 11) is 1.58. The van der Waals surface area contributed by atoms with Crippen LogP contribution in [0.4, 0.5) is 10.0 Å². The Morgan fingerprint density at radius 1 is 0.737 bits per heavy atom. The van der Waals surface area contributed by atoms with Gasteiger partial charge in [-0.3, -0.25) is 9.59 Å². The molecule has 2 saturated heterocycles. The van der Waals surface area contributed by atoms with Crippen molar-refractivity contribution < 1.29 is 14.3 Å². The predicted octanol–water partition coefficient (Wildman–Crippen LogP) is 14.3. The van der Waals surface area contributed by atoms with E-state index in [1.54, 1.807) is 47.2 Å². The van der Waals surface area contributed by atoms with E-state index < -0.39 is 0 Å². The van der Waals surface area contributed by atoms with Crippen LogP contribution in [-0.2, 0) is 9.53 Å². The van der Waals surface area contributed by atoms with Crippen molar-refractivity contribution in [2.45, 2.75) is 25.7 Å². The van der Waals surface area contributed by atoms with Crippen molar-refractivity contribution in [2.24, 2.45) is 0 Å². The molecule has 9 aromatic heterocycles. The van der Waals surface area contributed by atoms with E-state index in [2.05, 4.69) is 71.6 Å². The molecule has 7 nitrogen and oxygen atoms in total. The standard InChI is InChI=1S/C19H19N3O2S3.C13H11NOS3.C8H3BrS3/c1-20-13(19(23)21-5-8-24-2)9-12-10-14-17(25-12)18-15(26-14)11-16(27-18)22-6-3-4-7-22;15-7-8-5-9-12(16-8)13-10(17-9)6-11(18-13)14-3-1-2-4-14;9-6-3-5-8(12-6)7-4(11-5)1-2-10-7/h9-11H,3-8H2,2H3,(H,21,23);5-7H,1-4H2;1-3H/b13-9-;;. The third kappa shape index (κ3) is 8.25. The Balaban J connectivity index is 0.000000120. The highest BCUT2D eigenvalue weighted by molar-refractivity contribution is 9.11. The van der Waals surface area contributed by atoms with Crippen molar-refractivity contribution in [1.82, 2.24) is 5.32 Å². The van der Waals surface area contributed by atoms with Crippen LogP contribution in [-0.4, -0.2) is 58.6 Å². The van der Waals surface area contributed by atoms with E-state index in [1.807, 2.05) is 74.1 Å². The molecule has 0 atom stereocenters. The summed E-state index contributed by atoms with van der Waals surface area (Å²) in [4.78, 5) is 33.1. The lowest BCUT2D eigenvalue weighted by atomic mass is 10.3. The van der Waals surface area contributed by atoms with E-state index in [0.29, 0.717) is 13.2 Å². The molecule has 0 unspecified atom stereocenters. The number of anilines is 2.